The standard InChI is InChI=1S/C13H17ClN2OS/c1-16(9-11-4-7-17-10-11)6-5-15-8-12-2-3-13(14)18-12/h2-4,7,10,15H,5-6,8-9H2,1H3. The molecule has 2 aromatic heterocycles. The second-order valence-electron chi connectivity index (χ2n) is 4.25. The maximum Gasteiger partial charge on any atom is 0.0947 e. The molecule has 0 saturated heterocycles. The van der Waals surface area contributed by atoms with Crippen LogP contribution in [0.1, 0.15) is 10.4 Å². The highest BCUT2D eigenvalue weighted by molar-refractivity contribution is 7.16. The topological polar surface area (TPSA) is 28.4 Å². The summed E-state index contributed by atoms with van der Waals surface area (Å²) in [6, 6.07) is 6.00. The van der Waals surface area contributed by atoms with E-state index in [0.717, 1.165) is 30.5 Å². The molecule has 0 aliphatic heterocycles. The number of furan rings is 1. The summed E-state index contributed by atoms with van der Waals surface area (Å²) in [5.41, 5.74) is 1.21. The van der Waals surface area contributed by atoms with Crippen molar-refractivity contribution in [1.82, 2.24) is 10.2 Å². The minimum atomic E-state index is 0.851. The van der Waals surface area contributed by atoms with E-state index < -0.39 is 0 Å². The molecular formula is C13H17ClN2OS. The Hall–Kier alpha value is -0.810. The maximum atomic E-state index is 5.88. The van der Waals surface area contributed by atoms with E-state index in [9.17, 15) is 0 Å². The highest BCUT2D eigenvalue weighted by atomic mass is 35.5. The fraction of sp³-hybridized carbons (Fsp3) is 0.385. The molecule has 0 saturated carbocycles. The number of nitrogens with zero attached hydrogens (tertiary/aromatic N) is 1. The van der Waals surface area contributed by atoms with Gasteiger partial charge in [-0.25, -0.2) is 0 Å². The Balaban J connectivity index is 1.60. The van der Waals surface area contributed by atoms with Gasteiger partial charge in [0.15, 0.2) is 0 Å². The van der Waals surface area contributed by atoms with Crippen LogP contribution in [0, 0.1) is 0 Å². The lowest BCUT2D eigenvalue weighted by molar-refractivity contribution is 0.323. The Bertz CT molecular complexity index is 455. The lowest BCUT2D eigenvalue weighted by Gasteiger charge is -2.15. The average molecular weight is 285 g/mol. The van der Waals surface area contributed by atoms with Crippen LogP contribution in [0.4, 0.5) is 0 Å². The molecule has 98 valence electrons. The molecule has 2 rings (SSSR count). The predicted molar refractivity (Wildman–Crippen MR) is 76.1 cm³/mol. The van der Waals surface area contributed by atoms with E-state index in [1.165, 1.54) is 10.4 Å². The first-order valence-electron chi connectivity index (χ1n) is 5.88. The van der Waals surface area contributed by atoms with Gasteiger partial charge in [-0.15, -0.1) is 11.3 Å². The smallest absolute Gasteiger partial charge is 0.0947 e. The van der Waals surface area contributed by atoms with Crippen LogP contribution >= 0.6 is 22.9 Å². The minimum absolute atomic E-state index is 0.851. The molecule has 0 amide bonds. The third-order valence-electron chi connectivity index (χ3n) is 2.63. The number of nitrogens with one attached hydrogen (secondary N) is 1. The summed E-state index contributed by atoms with van der Waals surface area (Å²) in [6.45, 7) is 3.77. The average Bonchev–Trinajstić information content (AvgIpc) is 2.96. The van der Waals surface area contributed by atoms with Gasteiger partial charge in [-0.1, -0.05) is 11.6 Å². The van der Waals surface area contributed by atoms with Crippen molar-refractivity contribution in [3.63, 3.8) is 0 Å². The van der Waals surface area contributed by atoms with Gasteiger partial charge in [-0.2, -0.15) is 0 Å². The number of thiophene rings is 1. The van der Waals surface area contributed by atoms with E-state index in [2.05, 4.69) is 23.3 Å². The van der Waals surface area contributed by atoms with Crippen molar-refractivity contribution in [3.05, 3.63) is 45.5 Å². The third kappa shape index (κ3) is 4.46. The fourth-order valence-corrected chi connectivity index (χ4v) is 2.76. The normalized spacial score (nSPS) is 11.3. The summed E-state index contributed by atoms with van der Waals surface area (Å²) in [4.78, 5) is 3.54. The van der Waals surface area contributed by atoms with Crippen molar-refractivity contribution >= 4 is 22.9 Å². The zero-order chi connectivity index (χ0) is 12.8. The van der Waals surface area contributed by atoms with Crippen molar-refractivity contribution < 1.29 is 4.42 Å². The van der Waals surface area contributed by atoms with Crippen LogP contribution in [0.5, 0.6) is 0 Å². The Morgan fingerprint density at radius 3 is 2.94 bits per heavy atom. The molecule has 2 heterocycles. The van der Waals surface area contributed by atoms with E-state index in [1.54, 1.807) is 23.9 Å². The molecular weight excluding hydrogens is 268 g/mol. The molecule has 0 bridgehead atoms. The number of rotatable bonds is 7. The highest BCUT2D eigenvalue weighted by Crippen LogP contribution is 2.20. The second-order valence-corrected chi connectivity index (χ2v) is 6.05. The zero-order valence-electron chi connectivity index (χ0n) is 10.4. The van der Waals surface area contributed by atoms with Gasteiger partial charge in [0.2, 0.25) is 0 Å². The second kappa shape index (κ2) is 6.95. The molecule has 3 nitrogen and oxygen atoms in total. The quantitative estimate of drug-likeness (QED) is 0.792. The third-order valence-corrected chi connectivity index (χ3v) is 3.86. The Morgan fingerprint density at radius 2 is 2.28 bits per heavy atom. The molecule has 5 heteroatoms. The van der Waals surface area contributed by atoms with Crippen molar-refractivity contribution in [3.8, 4) is 0 Å². The van der Waals surface area contributed by atoms with Crippen LogP contribution in [-0.2, 0) is 13.1 Å². The van der Waals surface area contributed by atoms with E-state index in [1.807, 2.05) is 12.1 Å². The minimum Gasteiger partial charge on any atom is -0.472 e. The Kier molecular flexibility index (Phi) is 5.26. The first-order chi connectivity index (χ1) is 8.74. The molecule has 2 aromatic rings. The molecule has 0 aliphatic rings. The largest absolute Gasteiger partial charge is 0.472 e. The van der Waals surface area contributed by atoms with Crippen molar-refractivity contribution in [1.29, 1.82) is 0 Å². The first kappa shape index (κ1) is 13.6. The number of halogens is 1. The van der Waals surface area contributed by atoms with E-state index >= 15 is 0 Å². The lowest BCUT2D eigenvalue weighted by atomic mass is 10.3. The summed E-state index contributed by atoms with van der Waals surface area (Å²) in [6.07, 6.45) is 3.50. The summed E-state index contributed by atoms with van der Waals surface area (Å²) in [7, 11) is 2.11. The molecule has 0 aliphatic carbocycles. The van der Waals surface area contributed by atoms with Gasteiger partial charge in [0, 0.05) is 36.6 Å². The lowest BCUT2D eigenvalue weighted by Crippen LogP contribution is -2.28. The molecule has 0 fully saturated rings. The van der Waals surface area contributed by atoms with E-state index in [4.69, 9.17) is 16.0 Å². The molecule has 0 atom stereocenters. The van der Waals surface area contributed by atoms with Crippen LogP contribution < -0.4 is 5.32 Å². The molecule has 1 N–H and O–H groups in total. The fourth-order valence-electron chi connectivity index (χ4n) is 1.70. The van der Waals surface area contributed by atoms with Crippen molar-refractivity contribution in [2.45, 2.75) is 13.1 Å². The summed E-state index contributed by atoms with van der Waals surface area (Å²) in [5.74, 6) is 0. The SMILES string of the molecule is CN(CCNCc1ccc(Cl)s1)Cc1ccoc1. The van der Waals surface area contributed by atoms with E-state index in [-0.39, 0.29) is 0 Å². The molecule has 0 spiro atoms. The molecule has 0 radical (unpaired) electrons. The van der Waals surface area contributed by atoms with Gasteiger partial charge in [0.1, 0.15) is 0 Å². The van der Waals surface area contributed by atoms with Gasteiger partial charge in [-0.05, 0) is 25.2 Å². The maximum absolute atomic E-state index is 5.88. The zero-order valence-corrected chi connectivity index (χ0v) is 11.9. The highest BCUT2D eigenvalue weighted by Gasteiger charge is 2.01. The van der Waals surface area contributed by atoms with Crippen LogP contribution in [-0.4, -0.2) is 25.0 Å². The van der Waals surface area contributed by atoms with Gasteiger partial charge < -0.3 is 14.6 Å². The Labute approximate surface area is 116 Å². The number of likely N-dealkylation sites (N-methyl/N-ethyl adjacent to an activating group) is 1. The summed E-state index contributed by atoms with van der Waals surface area (Å²) in [5, 5.41) is 3.41. The van der Waals surface area contributed by atoms with Crippen LogP contribution in [0.3, 0.4) is 0 Å². The summed E-state index contributed by atoms with van der Waals surface area (Å²) >= 11 is 7.50. The molecule has 18 heavy (non-hydrogen) atoms. The van der Waals surface area contributed by atoms with Crippen LogP contribution in [0.15, 0.2) is 35.1 Å². The monoisotopic (exact) mass is 284 g/mol. The van der Waals surface area contributed by atoms with Crippen molar-refractivity contribution in [2.24, 2.45) is 0 Å². The van der Waals surface area contributed by atoms with E-state index in [0.29, 0.717) is 0 Å². The predicted octanol–water partition coefficient (Wildman–Crippen LogP) is 3.22. The van der Waals surface area contributed by atoms with Gasteiger partial charge >= 0.3 is 0 Å². The van der Waals surface area contributed by atoms with Gasteiger partial charge in [0.05, 0.1) is 16.9 Å². The molecule has 0 unspecified atom stereocenters. The first-order valence-corrected chi connectivity index (χ1v) is 7.08. The van der Waals surface area contributed by atoms with Crippen LogP contribution in [0.2, 0.25) is 4.34 Å². The van der Waals surface area contributed by atoms with Crippen molar-refractivity contribution in [2.75, 3.05) is 20.1 Å². The Morgan fingerprint density at radius 1 is 1.39 bits per heavy atom. The molecule has 0 aromatic carbocycles. The van der Waals surface area contributed by atoms with Gasteiger partial charge in [-0.3, -0.25) is 0 Å². The number of hydrogen-bond acceptors (Lipinski definition) is 4. The number of hydrogen-bond donors (Lipinski definition) is 1. The van der Waals surface area contributed by atoms with Gasteiger partial charge in [0.25, 0.3) is 0 Å². The summed E-state index contributed by atoms with van der Waals surface area (Å²) < 4.78 is 5.90. The van der Waals surface area contributed by atoms with Crippen LogP contribution in [0.25, 0.3) is 0 Å².